The van der Waals surface area contributed by atoms with Crippen molar-refractivity contribution in [1.82, 2.24) is 5.32 Å². The van der Waals surface area contributed by atoms with Crippen molar-refractivity contribution in [1.29, 1.82) is 0 Å². The van der Waals surface area contributed by atoms with Gasteiger partial charge in [0.05, 0.1) is 12.2 Å². The van der Waals surface area contributed by atoms with Gasteiger partial charge in [-0.3, -0.25) is 4.79 Å². The highest BCUT2D eigenvalue weighted by molar-refractivity contribution is 5.92. The van der Waals surface area contributed by atoms with E-state index in [0.29, 0.717) is 19.1 Å². The molecule has 1 unspecified atom stereocenters. The van der Waals surface area contributed by atoms with Gasteiger partial charge in [0.25, 0.3) is 0 Å². The van der Waals surface area contributed by atoms with Crippen LogP contribution >= 0.6 is 0 Å². The largest absolute Gasteiger partial charge is 0.490 e. The van der Waals surface area contributed by atoms with E-state index in [1.165, 1.54) is 6.42 Å². The molecule has 1 aromatic rings. The number of carbonyl (C=O) groups excluding carboxylic acids is 1. The maximum Gasteiger partial charge on any atom is 0.225 e. The smallest absolute Gasteiger partial charge is 0.225 e. The third-order valence-corrected chi connectivity index (χ3v) is 3.93. The van der Waals surface area contributed by atoms with Crippen LogP contribution in [0.2, 0.25) is 0 Å². The van der Waals surface area contributed by atoms with Gasteiger partial charge in [-0.1, -0.05) is 0 Å². The number of fused-ring (bicyclic) bond motifs is 1. The number of amides is 1. The first-order chi connectivity index (χ1) is 9.72. The van der Waals surface area contributed by atoms with Crippen molar-refractivity contribution in [2.45, 2.75) is 25.3 Å². The van der Waals surface area contributed by atoms with Crippen LogP contribution in [0, 0.1) is 0 Å². The summed E-state index contributed by atoms with van der Waals surface area (Å²) in [5, 5.41) is 6.32. The summed E-state index contributed by atoms with van der Waals surface area (Å²) in [6.45, 7) is 2.61. The highest BCUT2D eigenvalue weighted by Gasteiger charge is 2.19. The van der Waals surface area contributed by atoms with Crippen molar-refractivity contribution in [3.63, 3.8) is 0 Å². The molecule has 3 rings (SSSR count). The monoisotopic (exact) mass is 275 g/mol. The Labute approximate surface area is 119 Å². The standard InChI is InChI=1S/C15H21N3O2/c1-18-7-8-20-14-5-4-12(9-13(14)18)17-15(19)10-11-3-2-6-16-11/h4-5,9,11,16H,2-3,6-8,10H2,1H3,(H,17,19). The molecule has 0 aliphatic carbocycles. The first-order valence-corrected chi connectivity index (χ1v) is 7.23. The van der Waals surface area contributed by atoms with E-state index in [1.807, 2.05) is 25.2 Å². The van der Waals surface area contributed by atoms with Crippen molar-refractivity contribution in [3.05, 3.63) is 18.2 Å². The summed E-state index contributed by atoms with van der Waals surface area (Å²) in [6, 6.07) is 6.14. The molecule has 1 amide bonds. The van der Waals surface area contributed by atoms with Gasteiger partial charge in [-0.15, -0.1) is 0 Å². The van der Waals surface area contributed by atoms with Gasteiger partial charge in [0.15, 0.2) is 0 Å². The molecule has 108 valence electrons. The minimum Gasteiger partial charge on any atom is -0.490 e. The maximum absolute atomic E-state index is 12.0. The van der Waals surface area contributed by atoms with Gasteiger partial charge in [-0.05, 0) is 37.6 Å². The fourth-order valence-corrected chi connectivity index (χ4v) is 2.80. The molecule has 0 radical (unpaired) electrons. The summed E-state index contributed by atoms with van der Waals surface area (Å²) < 4.78 is 5.60. The highest BCUT2D eigenvalue weighted by atomic mass is 16.5. The van der Waals surface area contributed by atoms with Crippen molar-refractivity contribution >= 4 is 17.3 Å². The Hall–Kier alpha value is -1.75. The molecule has 0 saturated carbocycles. The third-order valence-electron chi connectivity index (χ3n) is 3.93. The second kappa shape index (κ2) is 5.71. The molecule has 0 bridgehead atoms. The van der Waals surface area contributed by atoms with Crippen LogP contribution in [-0.2, 0) is 4.79 Å². The molecule has 2 N–H and O–H groups in total. The normalized spacial score (nSPS) is 21.2. The Kier molecular flexibility index (Phi) is 3.78. The number of hydrogen-bond donors (Lipinski definition) is 2. The second-order valence-electron chi connectivity index (χ2n) is 5.50. The third kappa shape index (κ3) is 2.88. The Bertz CT molecular complexity index is 498. The van der Waals surface area contributed by atoms with E-state index >= 15 is 0 Å². The fraction of sp³-hybridized carbons (Fsp3) is 0.533. The Morgan fingerprint density at radius 2 is 2.45 bits per heavy atom. The molecule has 0 aromatic heterocycles. The number of anilines is 2. The quantitative estimate of drug-likeness (QED) is 0.879. The number of nitrogens with one attached hydrogen (secondary N) is 2. The first-order valence-electron chi connectivity index (χ1n) is 7.23. The number of carbonyl (C=O) groups is 1. The number of hydrogen-bond acceptors (Lipinski definition) is 4. The highest BCUT2D eigenvalue weighted by Crippen LogP contribution is 2.33. The average Bonchev–Trinajstić information content (AvgIpc) is 2.92. The molecule has 1 fully saturated rings. The Morgan fingerprint density at radius 1 is 1.55 bits per heavy atom. The minimum absolute atomic E-state index is 0.0729. The summed E-state index contributed by atoms with van der Waals surface area (Å²) in [4.78, 5) is 14.2. The number of benzene rings is 1. The molecule has 5 nitrogen and oxygen atoms in total. The van der Waals surface area contributed by atoms with Crippen molar-refractivity contribution in [2.24, 2.45) is 0 Å². The van der Waals surface area contributed by atoms with Gasteiger partial charge in [0.2, 0.25) is 5.91 Å². The summed E-state index contributed by atoms with van der Waals surface area (Å²) in [5.74, 6) is 0.956. The molecule has 2 aliphatic heterocycles. The number of likely N-dealkylation sites (N-methyl/N-ethyl adjacent to an activating group) is 1. The van der Waals surface area contributed by atoms with Crippen LogP contribution < -0.4 is 20.3 Å². The summed E-state index contributed by atoms with van der Waals surface area (Å²) >= 11 is 0. The van der Waals surface area contributed by atoms with Gasteiger partial charge in [0.1, 0.15) is 12.4 Å². The molecule has 0 spiro atoms. The Balaban J connectivity index is 1.65. The van der Waals surface area contributed by atoms with Crippen LogP contribution in [0.25, 0.3) is 0 Å². The second-order valence-corrected chi connectivity index (χ2v) is 5.50. The van der Waals surface area contributed by atoms with E-state index in [2.05, 4.69) is 15.5 Å². The Morgan fingerprint density at radius 3 is 3.25 bits per heavy atom. The van der Waals surface area contributed by atoms with E-state index in [-0.39, 0.29) is 5.91 Å². The molecule has 1 saturated heterocycles. The maximum atomic E-state index is 12.0. The van der Waals surface area contributed by atoms with Crippen molar-refractivity contribution in [2.75, 3.05) is 37.0 Å². The van der Waals surface area contributed by atoms with Crippen LogP contribution in [0.4, 0.5) is 11.4 Å². The summed E-state index contributed by atoms with van der Waals surface area (Å²) in [6.07, 6.45) is 2.80. The lowest BCUT2D eigenvalue weighted by Crippen LogP contribution is -2.29. The average molecular weight is 275 g/mol. The van der Waals surface area contributed by atoms with Crippen LogP contribution in [-0.4, -0.2) is 38.7 Å². The number of ether oxygens (including phenoxy) is 1. The molecular formula is C15H21N3O2. The fourth-order valence-electron chi connectivity index (χ4n) is 2.80. The zero-order chi connectivity index (χ0) is 13.9. The van der Waals surface area contributed by atoms with Gasteiger partial charge < -0.3 is 20.3 Å². The van der Waals surface area contributed by atoms with Crippen molar-refractivity contribution in [3.8, 4) is 5.75 Å². The predicted octanol–water partition coefficient (Wildman–Crippen LogP) is 1.60. The number of rotatable bonds is 3. The first kappa shape index (κ1) is 13.2. The molecule has 2 aliphatic rings. The van der Waals surface area contributed by atoms with Gasteiger partial charge in [-0.25, -0.2) is 0 Å². The molecule has 20 heavy (non-hydrogen) atoms. The van der Waals surface area contributed by atoms with Gasteiger partial charge in [0, 0.05) is 25.2 Å². The SMILES string of the molecule is CN1CCOc2ccc(NC(=O)CC3CCCN3)cc21. The zero-order valence-corrected chi connectivity index (χ0v) is 11.8. The summed E-state index contributed by atoms with van der Waals surface area (Å²) in [7, 11) is 2.04. The zero-order valence-electron chi connectivity index (χ0n) is 11.8. The number of nitrogens with zero attached hydrogens (tertiary/aromatic N) is 1. The predicted molar refractivity (Wildman–Crippen MR) is 79.5 cm³/mol. The van der Waals surface area contributed by atoms with E-state index in [0.717, 1.165) is 36.6 Å². The minimum atomic E-state index is 0.0729. The molecule has 2 heterocycles. The van der Waals surface area contributed by atoms with E-state index < -0.39 is 0 Å². The lowest BCUT2D eigenvalue weighted by atomic mass is 10.1. The van der Waals surface area contributed by atoms with Crippen molar-refractivity contribution < 1.29 is 9.53 Å². The lowest BCUT2D eigenvalue weighted by Gasteiger charge is -2.28. The van der Waals surface area contributed by atoms with E-state index in [9.17, 15) is 4.79 Å². The molecule has 1 atom stereocenters. The molecule has 1 aromatic carbocycles. The molecule has 5 heteroatoms. The summed E-state index contributed by atoms with van der Waals surface area (Å²) in [5.41, 5.74) is 1.87. The molecular weight excluding hydrogens is 254 g/mol. The van der Waals surface area contributed by atoms with Crippen LogP contribution in [0.5, 0.6) is 5.75 Å². The van der Waals surface area contributed by atoms with E-state index in [4.69, 9.17) is 4.74 Å². The van der Waals surface area contributed by atoms with E-state index in [1.54, 1.807) is 0 Å². The topological polar surface area (TPSA) is 53.6 Å². The van der Waals surface area contributed by atoms with Crippen LogP contribution in [0.3, 0.4) is 0 Å². The van der Waals surface area contributed by atoms with Crippen LogP contribution in [0.15, 0.2) is 18.2 Å². The lowest BCUT2D eigenvalue weighted by molar-refractivity contribution is -0.116. The van der Waals surface area contributed by atoms with Crippen LogP contribution in [0.1, 0.15) is 19.3 Å². The van der Waals surface area contributed by atoms with Gasteiger partial charge >= 0.3 is 0 Å². The van der Waals surface area contributed by atoms with Gasteiger partial charge in [-0.2, -0.15) is 0 Å².